The number of rotatable bonds is 7. The molecule has 0 unspecified atom stereocenters. The van der Waals surface area contributed by atoms with E-state index in [1.54, 1.807) is 18.2 Å². The van der Waals surface area contributed by atoms with E-state index in [2.05, 4.69) is 41.0 Å². The van der Waals surface area contributed by atoms with E-state index in [0.29, 0.717) is 5.75 Å². The third kappa shape index (κ3) is 5.46. The van der Waals surface area contributed by atoms with Gasteiger partial charge in [0.2, 0.25) is 0 Å². The lowest BCUT2D eigenvalue weighted by Gasteiger charge is -2.37. The lowest BCUT2D eigenvalue weighted by molar-refractivity contribution is 0.159. The van der Waals surface area contributed by atoms with Gasteiger partial charge in [-0.1, -0.05) is 30.3 Å². The highest BCUT2D eigenvalue weighted by molar-refractivity contribution is 5.53. The minimum absolute atomic E-state index is 0.228. The number of ether oxygens (including phenoxy) is 1. The molecule has 1 heterocycles. The largest absolute Gasteiger partial charge is 0.485 e. The van der Waals surface area contributed by atoms with E-state index >= 15 is 0 Å². The van der Waals surface area contributed by atoms with Crippen LogP contribution in [0.5, 0.6) is 5.75 Å². The molecule has 0 amide bonds. The molecule has 168 valence electrons. The predicted molar refractivity (Wildman–Crippen MR) is 125 cm³/mol. The van der Waals surface area contributed by atoms with Gasteiger partial charge in [-0.05, 0) is 66.9 Å². The third-order valence-electron chi connectivity index (χ3n) is 6.18. The third-order valence-corrected chi connectivity index (χ3v) is 6.18. The quantitative estimate of drug-likeness (QED) is 0.458. The average Bonchev–Trinajstić information content (AvgIpc) is 2.79. The van der Waals surface area contributed by atoms with Crippen LogP contribution >= 0.6 is 0 Å². The van der Waals surface area contributed by atoms with Gasteiger partial charge in [-0.3, -0.25) is 4.90 Å². The summed E-state index contributed by atoms with van der Waals surface area (Å²) >= 11 is 0. The monoisotopic (exact) mass is 436 g/mol. The first kappa shape index (κ1) is 22.3. The second-order valence-electron chi connectivity index (χ2n) is 8.47. The molecule has 1 atom stereocenters. The van der Waals surface area contributed by atoms with Crippen molar-refractivity contribution in [3.05, 3.63) is 95.1 Å². The van der Waals surface area contributed by atoms with Crippen molar-refractivity contribution < 1.29 is 13.5 Å². The molecule has 1 saturated heterocycles. The molecule has 32 heavy (non-hydrogen) atoms. The van der Waals surface area contributed by atoms with Crippen LogP contribution in [0.15, 0.2) is 66.7 Å². The van der Waals surface area contributed by atoms with E-state index in [4.69, 9.17) is 4.74 Å². The van der Waals surface area contributed by atoms with Gasteiger partial charge in [0.15, 0.2) is 0 Å². The van der Waals surface area contributed by atoms with Crippen molar-refractivity contribution >= 4 is 5.69 Å². The highest BCUT2D eigenvalue weighted by Crippen LogP contribution is 2.29. The van der Waals surface area contributed by atoms with Crippen molar-refractivity contribution in [2.75, 3.05) is 37.6 Å². The number of aryl methyl sites for hydroxylation is 2. The Bertz CT molecular complexity index is 1030. The van der Waals surface area contributed by atoms with E-state index in [9.17, 15) is 8.78 Å². The van der Waals surface area contributed by atoms with Gasteiger partial charge in [0, 0.05) is 44.8 Å². The van der Waals surface area contributed by atoms with Crippen LogP contribution in [0.25, 0.3) is 0 Å². The molecule has 0 bridgehead atoms. The van der Waals surface area contributed by atoms with Gasteiger partial charge in [0.25, 0.3) is 0 Å². The van der Waals surface area contributed by atoms with Gasteiger partial charge in [0.05, 0.1) is 0 Å². The van der Waals surface area contributed by atoms with Gasteiger partial charge >= 0.3 is 0 Å². The second-order valence-corrected chi connectivity index (χ2v) is 8.47. The molecule has 5 heteroatoms. The summed E-state index contributed by atoms with van der Waals surface area (Å²) in [6, 6.07) is 19.5. The molecule has 1 fully saturated rings. The molecule has 3 aromatic carbocycles. The molecule has 4 rings (SSSR count). The average molecular weight is 437 g/mol. The Morgan fingerprint density at radius 1 is 0.812 bits per heavy atom. The van der Waals surface area contributed by atoms with Crippen LogP contribution in [0.2, 0.25) is 0 Å². The molecule has 3 aromatic rings. The van der Waals surface area contributed by atoms with E-state index in [1.165, 1.54) is 35.5 Å². The van der Waals surface area contributed by atoms with E-state index in [-0.39, 0.29) is 17.7 Å². The minimum Gasteiger partial charge on any atom is -0.485 e. The van der Waals surface area contributed by atoms with Gasteiger partial charge in [0.1, 0.15) is 23.5 Å². The number of hydrogen-bond acceptors (Lipinski definition) is 3. The smallest absolute Gasteiger partial charge is 0.125 e. The molecular weight excluding hydrogens is 406 g/mol. The summed E-state index contributed by atoms with van der Waals surface area (Å²) in [6.45, 7) is 8.83. The summed E-state index contributed by atoms with van der Waals surface area (Å²) in [5.74, 6) is 0.114. The van der Waals surface area contributed by atoms with E-state index in [1.807, 2.05) is 6.92 Å². The zero-order valence-corrected chi connectivity index (χ0v) is 18.7. The number of halogens is 2. The van der Waals surface area contributed by atoms with Crippen LogP contribution < -0.4 is 9.64 Å². The summed E-state index contributed by atoms with van der Waals surface area (Å²) < 4.78 is 33.3. The Hall–Kier alpha value is -2.92. The Morgan fingerprint density at radius 3 is 2.19 bits per heavy atom. The van der Waals surface area contributed by atoms with E-state index < -0.39 is 0 Å². The van der Waals surface area contributed by atoms with Crippen molar-refractivity contribution in [2.45, 2.75) is 26.4 Å². The van der Waals surface area contributed by atoms with Crippen molar-refractivity contribution in [1.82, 2.24) is 4.90 Å². The van der Waals surface area contributed by atoms with Crippen LogP contribution in [0.4, 0.5) is 14.5 Å². The standard InChI is InChI=1S/C27H30F2N2O/c1-20-5-3-4-6-25(20)31-17-15-30(16-18-31)14-13-27(22-7-9-23(28)10-8-22)32-26-12-11-24(29)19-21(26)2/h3-12,19,27H,13-18H2,1-2H3/t27-/m0/s1. The molecule has 1 aliphatic rings. The molecule has 3 nitrogen and oxygen atoms in total. The molecule has 0 radical (unpaired) electrons. The van der Waals surface area contributed by atoms with Gasteiger partial charge in [-0.2, -0.15) is 0 Å². The molecule has 0 saturated carbocycles. The Balaban J connectivity index is 1.40. The number of anilines is 1. The first-order valence-corrected chi connectivity index (χ1v) is 11.2. The summed E-state index contributed by atoms with van der Waals surface area (Å²) in [4.78, 5) is 4.90. The fraction of sp³-hybridized carbons (Fsp3) is 0.333. The SMILES string of the molecule is Cc1cc(F)ccc1O[C@@H](CCN1CCN(c2ccccc2C)CC1)c1ccc(F)cc1. The van der Waals surface area contributed by atoms with Gasteiger partial charge < -0.3 is 9.64 Å². The first-order valence-electron chi connectivity index (χ1n) is 11.2. The lowest BCUT2D eigenvalue weighted by Crippen LogP contribution is -2.47. The highest BCUT2D eigenvalue weighted by atomic mass is 19.1. The second kappa shape index (κ2) is 10.1. The van der Waals surface area contributed by atoms with Crippen molar-refractivity contribution in [3.8, 4) is 5.75 Å². The lowest BCUT2D eigenvalue weighted by atomic mass is 10.1. The zero-order chi connectivity index (χ0) is 22.5. The Morgan fingerprint density at radius 2 is 1.50 bits per heavy atom. The number of nitrogens with zero attached hydrogens (tertiary/aromatic N) is 2. The fourth-order valence-corrected chi connectivity index (χ4v) is 4.30. The van der Waals surface area contributed by atoms with Gasteiger partial charge in [-0.25, -0.2) is 8.78 Å². The normalized spacial score (nSPS) is 15.6. The fourth-order valence-electron chi connectivity index (χ4n) is 4.30. The highest BCUT2D eigenvalue weighted by Gasteiger charge is 2.21. The summed E-state index contributed by atoms with van der Waals surface area (Å²) in [5, 5.41) is 0. The number of benzene rings is 3. The van der Waals surface area contributed by atoms with Crippen LogP contribution in [-0.4, -0.2) is 37.6 Å². The Labute approximate surface area is 189 Å². The predicted octanol–water partition coefficient (Wildman–Crippen LogP) is 5.91. The molecule has 0 spiro atoms. The number of hydrogen-bond donors (Lipinski definition) is 0. The maximum Gasteiger partial charge on any atom is 0.125 e. The molecule has 1 aliphatic heterocycles. The first-order chi connectivity index (χ1) is 15.5. The summed E-state index contributed by atoms with van der Waals surface area (Å²) in [5.41, 5.74) is 4.30. The van der Waals surface area contributed by atoms with Crippen LogP contribution in [-0.2, 0) is 0 Å². The summed E-state index contributed by atoms with van der Waals surface area (Å²) in [7, 11) is 0. The zero-order valence-electron chi connectivity index (χ0n) is 18.7. The minimum atomic E-state index is -0.278. The molecule has 0 aliphatic carbocycles. The topological polar surface area (TPSA) is 15.7 Å². The summed E-state index contributed by atoms with van der Waals surface area (Å²) in [6.07, 6.45) is 0.543. The number of para-hydroxylation sites is 1. The maximum atomic E-state index is 13.5. The van der Waals surface area contributed by atoms with Crippen molar-refractivity contribution in [2.24, 2.45) is 0 Å². The maximum absolute atomic E-state index is 13.5. The van der Waals surface area contributed by atoms with Gasteiger partial charge in [-0.15, -0.1) is 0 Å². The molecule has 0 N–H and O–H groups in total. The molecular formula is C27H30F2N2O. The van der Waals surface area contributed by atoms with Crippen LogP contribution in [0.1, 0.15) is 29.2 Å². The molecule has 0 aromatic heterocycles. The van der Waals surface area contributed by atoms with Crippen LogP contribution in [0.3, 0.4) is 0 Å². The Kier molecular flexibility index (Phi) is 7.05. The van der Waals surface area contributed by atoms with Crippen LogP contribution in [0, 0.1) is 25.5 Å². The van der Waals surface area contributed by atoms with Crippen molar-refractivity contribution in [3.63, 3.8) is 0 Å². The number of piperazine rings is 1. The van der Waals surface area contributed by atoms with E-state index in [0.717, 1.165) is 50.3 Å². The van der Waals surface area contributed by atoms with Crippen molar-refractivity contribution in [1.29, 1.82) is 0 Å².